The molecule has 1 saturated heterocycles. The Balaban J connectivity index is 1.31. The van der Waals surface area contributed by atoms with Crippen molar-refractivity contribution in [2.24, 2.45) is 10.7 Å². The van der Waals surface area contributed by atoms with Crippen LogP contribution in [0.15, 0.2) is 71.7 Å². The molecular weight excluding hydrogens is 536 g/mol. The molecule has 3 aromatic carbocycles. The molecule has 1 fully saturated rings. The van der Waals surface area contributed by atoms with Gasteiger partial charge in [0, 0.05) is 35.8 Å². The Morgan fingerprint density at radius 3 is 2.56 bits per heavy atom. The van der Waals surface area contributed by atoms with Crippen LogP contribution in [0.4, 0.5) is 0 Å². The number of likely N-dealkylation sites (tertiary alicyclic amines) is 1. The van der Waals surface area contributed by atoms with Crippen LogP contribution in [0.25, 0.3) is 5.69 Å². The third-order valence-electron chi connectivity index (χ3n) is 8.12. The molecule has 0 bridgehead atoms. The number of aryl methyl sites for hydroxylation is 1. The summed E-state index contributed by atoms with van der Waals surface area (Å²) in [5.74, 6) is 2.59. The Morgan fingerprint density at radius 1 is 1.05 bits per heavy atom. The number of rotatable bonds is 6. The number of piperidine rings is 1. The van der Waals surface area contributed by atoms with Crippen molar-refractivity contribution in [3.63, 3.8) is 0 Å². The molecule has 2 N–H and O–H groups in total. The number of amides is 1. The average molecular weight is 569 g/mol. The number of nitrogens with two attached hydrogens (primary N) is 1. The number of aliphatic imine (C=N–C) groups is 1. The van der Waals surface area contributed by atoms with E-state index in [4.69, 9.17) is 27.1 Å². The molecule has 0 spiro atoms. The maximum Gasteiger partial charge on any atom is 0.225 e. The van der Waals surface area contributed by atoms with E-state index in [1.807, 2.05) is 58.9 Å². The van der Waals surface area contributed by atoms with Crippen molar-refractivity contribution in [3.05, 3.63) is 106 Å². The van der Waals surface area contributed by atoms with Crippen molar-refractivity contribution in [2.45, 2.75) is 44.7 Å². The number of nitrogens with zero attached hydrogens (tertiary/aromatic N) is 5. The second-order valence-electron chi connectivity index (χ2n) is 10.6. The molecule has 41 heavy (non-hydrogen) atoms. The van der Waals surface area contributed by atoms with Gasteiger partial charge in [0.15, 0.2) is 5.82 Å². The minimum Gasteiger partial charge on any atom is -0.497 e. The van der Waals surface area contributed by atoms with E-state index in [1.165, 1.54) is 5.56 Å². The zero-order chi connectivity index (χ0) is 28.5. The summed E-state index contributed by atoms with van der Waals surface area (Å²) in [4.78, 5) is 20.9. The molecular formula is C32H33ClN6O2. The normalized spacial score (nSPS) is 16.9. The highest BCUT2D eigenvalue weighted by atomic mass is 35.5. The van der Waals surface area contributed by atoms with Crippen LogP contribution < -0.4 is 10.5 Å². The number of ether oxygens (including phenoxy) is 1. The second kappa shape index (κ2) is 11.5. The lowest BCUT2D eigenvalue weighted by atomic mass is 9.88. The number of aromatic nitrogens is 3. The molecule has 1 atom stereocenters. The molecule has 3 heterocycles. The fourth-order valence-electron chi connectivity index (χ4n) is 5.91. The predicted molar refractivity (Wildman–Crippen MR) is 160 cm³/mol. The van der Waals surface area contributed by atoms with Crippen molar-refractivity contribution in [1.29, 1.82) is 0 Å². The molecule has 0 radical (unpaired) electrons. The van der Waals surface area contributed by atoms with Crippen LogP contribution in [0, 0.1) is 6.92 Å². The van der Waals surface area contributed by atoms with Gasteiger partial charge in [-0.25, -0.2) is 0 Å². The number of fused-ring (bicyclic) bond motifs is 3. The molecule has 8 nitrogen and oxygen atoms in total. The lowest BCUT2D eigenvalue weighted by Crippen LogP contribution is -2.38. The fourth-order valence-corrected chi connectivity index (χ4v) is 6.03. The molecule has 2 aliphatic rings. The first-order valence-corrected chi connectivity index (χ1v) is 14.3. The van der Waals surface area contributed by atoms with E-state index >= 15 is 0 Å². The van der Waals surface area contributed by atoms with Gasteiger partial charge in [0.05, 0.1) is 24.9 Å². The topological polar surface area (TPSA) is 98.6 Å². The van der Waals surface area contributed by atoms with Gasteiger partial charge in [-0.3, -0.25) is 14.4 Å². The zero-order valence-corrected chi connectivity index (χ0v) is 24.0. The van der Waals surface area contributed by atoms with Gasteiger partial charge >= 0.3 is 0 Å². The van der Waals surface area contributed by atoms with Gasteiger partial charge in [-0.15, -0.1) is 10.2 Å². The quantitative estimate of drug-likeness (QED) is 0.336. The Morgan fingerprint density at radius 2 is 1.83 bits per heavy atom. The zero-order valence-electron chi connectivity index (χ0n) is 23.3. The largest absolute Gasteiger partial charge is 0.497 e. The van der Waals surface area contributed by atoms with E-state index in [1.54, 1.807) is 7.11 Å². The number of methoxy groups -OCH3 is 1. The summed E-state index contributed by atoms with van der Waals surface area (Å²) in [5, 5.41) is 9.54. The first-order valence-electron chi connectivity index (χ1n) is 14.0. The fraction of sp³-hybridized carbons (Fsp3) is 0.312. The number of carbonyl (C=O) groups excluding carboxylic acids is 1. The smallest absolute Gasteiger partial charge is 0.225 e. The van der Waals surface area contributed by atoms with E-state index in [2.05, 4.69) is 34.5 Å². The van der Waals surface area contributed by atoms with E-state index in [9.17, 15) is 4.79 Å². The highest BCUT2D eigenvalue weighted by molar-refractivity contribution is 6.30. The molecule has 2 aliphatic heterocycles. The van der Waals surface area contributed by atoms with Gasteiger partial charge in [0.25, 0.3) is 0 Å². The van der Waals surface area contributed by atoms with Gasteiger partial charge in [-0.2, -0.15) is 0 Å². The Labute approximate surface area is 244 Å². The van der Waals surface area contributed by atoms with Crippen LogP contribution in [0.1, 0.15) is 65.1 Å². The Kier molecular flexibility index (Phi) is 7.60. The van der Waals surface area contributed by atoms with Crippen LogP contribution in [-0.2, 0) is 11.3 Å². The van der Waals surface area contributed by atoms with Crippen molar-refractivity contribution in [2.75, 3.05) is 20.2 Å². The van der Waals surface area contributed by atoms with Gasteiger partial charge < -0.3 is 15.4 Å². The number of benzene rings is 3. The number of carbonyl (C=O) groups is 1. The van der Waals surface area contributed by atoms with Gasteiger partial charge in [0.1, 0.15) is 17.6 Å². The minimum absolute atomic E-state index is 0.0686. The number of hydrogen-bond donors (Lipinski definition) is 1. The van der Waals surface area contributed by atoms with Crippen molar-refractivity contribution >= 4 is 23.2 Å². The van der Waals surface area contributed by atoms with Gasteiger partial charge in [-0.05, 0) is 67.1 Å². The molecule has 1 aromatic heterocycles. The van der Waals surface area contributed by atoms with Crippen LogP contribution >= 0.6 is 11.6 Å². The van der Waals surface area contributed by atoms with Crippen LogP contribution in [-0.4, -0.2) is 51.5 Å². The standard InChI is InChI=1S/C32H33ClN6O2/c1-20-36-37-32-28(18-30(40)38-14-12-22(13-15-38)24-5-3-4-21(16-24)19-34)35-31(23-6-8-25(33)9-7-23)27-17-26(41-2)10-11-29(27)39(20)32/h3-11,16-17,22,28H,12-15,18-19,34H2,1-2H3/t28-/m0/s1. The summed E-state index contributed by atoms with van der Waals surface area (Å²) in [5.41, 5.74) is 11.7. The second-order valence-corrected chi connectivity index (χ2v) is 11.1. The summed E-state index contributed by atoms with van der Waals surface area (Å²) in [6.45, 7) is 3.87. The van der Waals surface area contributed by atoms with Crippen LogP contribution in [0.2, 0.25) is 5.02 Å². The van der Waals surface area contributed by atoms with Crippen LogP contribution in [0.5, 0.6) is 5.75 Å². The van der Waals surface area contributed by atoms with E-state index < -0.39 is 6.04 Å². The SMILES string of the molecule is COc1ccc2c(c1)C(c1ccc(Cl)cc1)=N[C@@H](CC(=O)N1CCC(c3cccc(CN)c3)CC1)c1nnc(C)n1-2. The highest BCUT2D eigenvalue weighted by Crippen LogP contribution is 2.35. The van der Waals surface area contributed by atoms with E-state index in [-0.39, 0.29) is 12.3 Å². The predicted octanol–water partition coefficient (Wildman–Crippen LogP) is 5.38. The number of halogens is 1. The molecule has 1 amide bonds. The third-order valence-corrected chi connectivity index (χ3v) is 8.38. The number of hydrogen-bond acceptors (Lipinski definition) is 6. The first-order chi connectivity index (χ1) is 19.9. The summed E-state index contributed by atoms with van der Waals surface area (Å²) in [7, 11) is 1.65. The summed E-state index contributed by atoms with van der Waals surface area (Å²) < 4.78 is 7.57. The lowest BCUT2D eigenvalue weighted by molar-refractivity contribution is -0.132. The van der Waals surface area contributed by atoms with Gasteiger partial charge in [0.2, 0.25) is 5.91 Å². The van der Waals surface area contributed by atoms with E-state index in [0.29, 0.717) is 42.1 Å². The first kappa shape index (κ1) is 27.2. The minimum atomic E-state index is -0.508. The van der Waals surface area contributed by atoms with Crippen molar-refractivity contribution < 1.29 is 9.53 Å². The molecule has 9 heteroatoms. The molecule has 0 aliphatic carbocycles. The molecule has 0 unspecified atom stereocenters. The molecule has 6 rings (SSSR count). The third kappa shape index (κ3) is 5.37. The average Bonchev–Trinajstić information content (AvgIpc) is 3.34. The van der Waals surface area contributed by atoms with E-state index in [0.717, 1.165) is 46.8 Å². The maximum absolute atomic E-state index is 13.7. The summed E-state index contributed by atoms with van der Waals surface area (Å²) in [6, 6.07) is 21.5. The highest BCUT2D eigenvalue weighted by Gasteiger charge is 2.32. The molecule has 210 valence electrons. The summed E-state index contributed by atoms with van der Waals surface area (Å²) in [6.07, 6.45) is 2.04. The van der Waals surface area contributed by atoms with Gasteiger partial charge in [-0.1, -0.05) is 48.0 Å². The Bertz CT molecular complexity index is 1600. The monoisotopic (exact) mass is 568 g/mol. The molecule has 4 aromatic rings. The van der Waals surface area contributed by atoms with Crippen molar-refractivity contribution in [3.8, 4) is 11.4 Å². The summed E-state index contributed by atoms with van der Waals surface area (Å²) >= 11 is 6.22. The Hall–Kier alpha value is -4.01. The molecule has 0 saturated carbocycles. The maximum atomic E-state index is 13.7. The van der Waals surface area contributed by atoms with Crippen LogP contribution in [0.3, 0.4) is 0 Å². The lowest BCUT2D eigenvalue weighted by Gasteiger charge is -2.33. The van der Waals surface area contributed by atoms with Crippen molar-refractivity contribution in [1.82, 2.24) is 19.7 Å².